The molecule has 0 saturated heterocycles. The number of hydrogen-bond acceptors (Lipinski definition) is 5. The van der Waals surface area contributed by atoms with Crippen LogP contribution in [0.5, 0.6) is 0 Å². The summed E-state index contributed by atoms with van der Waals surface area (Å²) >= 11 is 7.65. The molecule has 1 aliphatic heterocycles. The molecule has 0 unspecified atom stereocenters. The molecule has 3 rings (SSSR count). The van der Waals surface area contributed by atoms with E-state index < -0.39 is 15.9 Å². The largest absolute Gasteiger partial charge is 0.309 e. The second-order valence-corrected chi connectivity index (χ2v) is 9.23. The number of halogens is 1. The number of benzene rings is 1. The van der Waals surface area contributed by atoms with Crippen LogP contribution < -0.4 is 5.32 Å². The van der Waals surface area contributed by atoms with Gasteiger partial charge in [-0.2, -0.15) is 21.2 Å². The average Bonchev–Trinajstić information content (AvgIpc) is 3.10. The average molecular weight is 401 g/mol. The molecule has 0 fully saturated rings. The molecule has 25 heavy (non-hydrogen) atoms. The Balaban J connectivity index is 1.90. The first-order valence-corrected chi connectivity index (χ1v) is 10.8. The summed E-state index contributed by atoms with van der Waals surface area (Å²) in [6.07, 6.45) is 1.06. The summed E-state index contributed by atoms with van der Waals surface area (Å²) in [6.45, 7) is -0.257. The van der Waals surface area contributed by atoms with Crippen molar-refractivity contribution in [1.29, 1.82) is 0 Å². The zero-order valence-electron chi connectivity index (χ0n) is 13.7. The van der Waals surface area contributed by atoms with Gasteiger partial charge in [-0.3, -0.25) is 4.79 Å². The fourth-order valence-electron chi connectivity index (χ4n) is 2.40. The van der Waals surface area contributed by atoms with Gasteiger partial charge in [0, 0.05) is 29.1 Å². The fourth-order valence-corrected chi connectivity index (χ4v) is 3.91. The highest BCUT2D eigenvalue weighted by atomic mass is 35.5. The number of rotatable bonds is 5. The standard InChI is InChI=1S/C15H17ClN4O3S2/c1-19(25(2,22)23)7-14(21)17-15-12-8-24-9-13(12)18-20(15)11-5-3-10(16)4-6-11/h3-6H,7-9H2,1-2H3,(H,17,21). The second kappa shape index (κ2) is 6.99. The normalized spacial score (nSPS) is 13.9. The number of aromatic nitrogens is 2. The minimum absolute atomic E-state index is 0.257. The molecule has 2 aromatic rings. The van der Waals surface area contributed by atoms with Gasteiger partial charge in [0.1, 0.15) is 5.82 Å². The third kappa shape index (κ3) is 4.00. The van der Waals surface area contributed by atoms with Gasteiger partial charge in [0.15, 0.2) is 0 Å². The lowest BCUT2D eigenvalue weighted by Crippen LogP contribution is -2.34. The summed E-state index contributed by atoms with van der Waals surface area (Å²) in [7, 11) is -2.06. The second-order valence-electron chi connectivity index (χ2n) is 5.72. The molecule has 1 N–H and O–H groups in total. The highest BCUT2D eigenvalue weighted by Crippen LogP contribution is 2.36. The van der Waals surface area contributed by atoms with Crippen molar-refractivity contribution in [2.24, 2.45) is 0 Å². The highest BCUT2D eigenvalue weighted by Gasteiger charge is 2.25. The van der Waals surface area contributed by atoms with Crippen molar-refractivity contribution in [2.75, 3.05) is 25.2 Å². The molecule has 1 aromatic heterocycles. The zero-order chi connectivity index (χ0) is 18.2. The molecule has 2 heterocycles. The van der Waals surface area contributed by atoms with Crippen molar-refractivity contribution >= 4 is 45.1 Å². The smallest absolute Gasteiger partial charge is 0.240 e. The topological polar surface area (TPSA) is 84.3 Å². The molecule has 134 valence electrons. The third-order valence-corrected chi connectivity index (χ3v) is 6.30. The van der Waals surface area contributed by atoms with E-state index in [2.05, 4.69) is 10.4 Å². The van der Waals surface area contributed by atoms with E-state index in [1.165, 1.54) is 7.05 Å². The van der Waals surface area contributed by atoms with E-state index >= 15 is 0 Å². The molecule has 1 aliphatic rings. The number of carbonyl (C=O) groups excluding carboxylic acids is 1. The molecule has 0 radical (unpaired) electrons. The van der Waals surface area contributed by atoms with E-state index in [0.29, 0.717) is 10.8 Å². The van der Waals surface area contributed by atoms with Crippen LogP contribution >= 0.6 is 23.4 Å². The van der Waals surface area contributed by atoms with E-state index in [0.717, 1.165) is 39.0 Å². The summed E-state index contributed by atoms with van der Waals surface area (Å²) in [6, 6.07) is 7.13. The van der Waals surface area contributed by atoms with E-state index in [9.17, 15) is 13.2 Å². The Morgan fingerprint density at radius 3 is 2.68 bits per heavy atom. The minimum Gasteiger partial charge on any atom is -0.309 e. The van der Waals surface area contributed by atoms with Crippen LogP contribution in [0.2, 0.25) is 5.02 Å². The molecule has 7 nitrogen and oxygen atoms in total. The maximum absolute atomic E-state index is 12.3. The van der Waals surface area contributed by atoms with Gasteiger partial charge < -0.3 is 5.32 Å². The Hall–Kier alpha value is -1.55. The van der Waals surface area contributed by atoms with Gasteiger partial charge in [-0.15, -0.1) is 0 Å². The molecule has 0 saturated carbocycles. The van der Waals surface area contributed by atoms with Crippen molar-refractivity contribution in [3.8, 4) is 5.69 Å². The Morgan fingerprint density at radius 2 is 2.04 bits per heavy atom. The lowest BCUT2D eigenvalue weighted by molar-refractivity contribution is -0.116. The number of nitrogens with one attached hydrogen (secondary N) is 1. The van der Waals surface area contributed by atoms with Gasteiger partial charge in [0.05, 0.1) is 24.2 Å². The molecular formula is C15H17ClN4O3S2. The first-order chi connectivity index (χ1) is 11.8. The molecular weight excluding hydrogens is 384 g/mol. The molecule has 0 atom stereocenters. The molecule has 0 spiro atoms. The predicted octanol–water partition coefficient (Wildman–Crippen LogP) is 2.10. The van der Waals surface area contributed by atoms with Crippen LogP contribution in [-0.4, -0.2) is 48.3 Å². The first kappa shape index (κ1) is 18.2. The molecule has 0 bridgehead atoms. The Labute approximate surface area is 155 Å². The summed E-state index contributed by atoms with van der Waals surface area (Å²) < 4.78 is 25.6. The Kier molecular flexibility index (Phi) is 5.10. The summed E-state index contributed by atoms with van der Waals surface area (Å²) in [5.74, 6) is 1.69. The number of sulfonamides is 1. The number of thioether (sulfide) groups is 1. The number of amides is 1. The van der Waals surface area contributed by atoms with E-state index in [1.807, 2.05) is 12.1 Å². The fraction of sp³-hybridized carbons (Fsp3) is 0.333. The van der Waals surface area contributed by atoms with Crippen LogP contribution in [0.1, 0.15) is 11.3 Å². The van der Waals surface area contributed by atoms with Crippen LogP contribution in [0.25, 0.3) is 5.69 Å². The van der Waals surface area contributed by atoms with Gasteiger partial charge >= 0.3 is 0 Å². The van der Waals surface area contributed by atoms with E-state index in [1.54, 1.807) is 28.6 Å². The van der Waals surface area contributed by atoms with Crippen molar-refractivity contribution < 1.29 is 13.2 Å². The lowest BCUT2D eigenvalue weighted by atomic mass is 10.2. The zero-order valence-corrected chi connectivity index (χ0v) is 16.1. The van der Waals surface area contributed by atoms with Crippen molar-refractivity contribution in [2.45, 2.75) is 11.5 Å². The number of fused-ring (bicyclic) bond motifs is 1. The van der Waals surface area contributed by atoms with Gasteiger partial charge in [-0.25, -0.2) is 13.1 Å². The minimum atomic E-state index is -3.42. The number of likely N-dealkylation sites (N-methyl/N-ethyl adjacent to an activating group) is 1. The van der Waals surface area contributed by atoms with Gasteiger partial charge in [0.2, 0.25) is 15.9 Å². The number of hydrogen-bond donors (Lipinski definition) is 1. The SMILES string of the molecule is CN(CC(=O)Nc1c2c(nn1-c1ccc(Cl)cc1)CSC2)S(C)(=O)=O. The monoisotopic (exact) mass is 400 g/mol. The summed E-state index contributed by atoms with van der Waals surface area (Å²) in [5.41, 5.74) is 2.66. The van der Waals surface area contributed by atoms with Crippen molar-refractivity contribution in [3.05, 3.63) is 40.5 Å². The molecule has 1 aromatic carbocycles. The predicted molar refractivity (Wildman–Crippen MR) is 99.7 cm³/mol. The van der Waals surface area contributed by atoms with Crippen LogP contribution in [0, 0.1) is 0 Å². The first-order valence-electron chi connectivity index (χ1n) is 7.41. The van der Waals surface area contributed by atoms with Crippen LogP contribution in [0.15, 0.2) is 24.3 Å². The van der Waals surface area contributed by atoms with Gasteiger partial charge in [-0.1, -0.05) is 11.6 Å². The van der Waals surface area contributed by atoms with Crippen LogP contribution in [-0.2, 0) is 26.3 Å². The quantitative estimate of drug-likeness (QED) is 0.830. The summed E-state index contributed by atoms with van der Waals surface area (Å²) in [4.78, 5) is 12.3. The van der Waals surface area contributed by atoms with Crippen LogP contribution in [0.4, 0.5) is 5.82 Å². The molecule has 0 aliphatic carbocycles. The molecule has 1 amide bonds. The third-order valence-electron chi connectivity index (χ3n) is 3.81. The van der Waals surface area contributed by atoms with Gasteiger partial charge in [-0.05, 0) is 24.3 Å². The van der Waals surface area contributed by atoms with Crippen molar-refractivity contribution in [3.63, 3.8) is 0 Å². The maximum Gasteiger partial charge on any atom is 0.240 e. The Morgan fingerprint density at radius 1 is 1.36 bits per heavy atom. The molecule has 10 heteroatoms. The van der Waals surface area contributed by atoms with Crippen LogP contribution in [0.3, 0.4) is 0 Å². The lowest BCUT2D eigenvalue weighted by Gasteiger charge is -2.15. The number of nitrogens with zero attached hydrogens (tertiary/aromatic N) is 3. The van der Waals surface area contributed by atoms with E-state index in [4.69, 9.17) is 11.6 Å². The summed E-state index contributed by atoms with van der Waals surface area (Å²) in [5, 5.41) is 8.00. The highest BCUT2D eigenvalue weighted by molar-refractivity contribution is 7.98. The number of anilines is 1. The van der Waals surface area contributed by atoms with Gasteiger partial charge in [0.25, 0.3) is 0 Å². The van der Waals surface area contributed by atoms with Crippen molar-refractivity contribution in [1.82, 2.24) is 14.1 Å². The maximum atomic E-state index is 12.3. The van der Waals surface area contributed by atoms with E-state index in [-0.39, 0.29) is 6.54 Å². The number of carbonyl (C=O) groups is 1. The Bertz CT molecular complexity index is 910.